The van der Waals surface area contributed by atoms with Gasteiger partial charge in [0.15, 0.2) is 0 Å². The van der Waals surface area contributed by atoms with Gasteiger partial charge in [-0.3, -0.25) is 0 Å². The van der Waals surface area contributed by atoms with Gasteiger partial charge in [0.2, 0.25) is 6.29 Å². The van der Waals surface area contributed by atoms with Gasteiger partial charge in [0.1, 0.15) is 30.2 Å². The second-order valence-electron chi connectivity index (χ2n) is 5.84. The molecule has 1 heterocycles. The molecule has 2 aromatic rings. The lowest BCUT2D eigenvalue weighted by Crippen LogP contribution is -2.60. The van der Waals surface area contributed by atoms with E-state index in [1.54, 1.807) is 24.3 Å². The first-order valence-corrected chi connectivity index (χ1v) is 7.65. The maximum absolute atomic E-state index is 11.0. The van der Waals surface area contributed by atoms with Crippen molar-refractivity contribution in [3.8, 4) is 5.75 Å². The van der Waals surface area contributed by atoms with E-state index in [1.165, 1.54) is 12.1 Å². The molecule has 3 rings (SSSR count). The van der Waals surface area contributed by atoms with Gasteiger partial charge in [-0.1, -0.05) is 12.1 Å². The summed E-state index contributed by atoms with van der Waals surface area (Å²) in [5.41, 5.74) is 0.162. The zero-order valence-electron chi connectivity index (χ0n) is 13.0. The van der Waals surface area contributed by atoms with Crippen LogP contribution in [0.2, 0.25) is 0 Å². The summed E-state index contributed by atoms with van der Waals surface area (Å²) < 4.78 is 10.8. The van der Waals surface area contributed by atoms with E-state index in [9.17, 15) is 25.2 Å². The number of aliphatic hydroxyl groups excluding tert-OH is 4. The van der Waals surface area contributed by atoms with E-state index in [4.69, 9.17) is 14.6 Å². The number of hydrogen-bond acceptors (Lipinski definition) is 7. The van der Waals surface area contributed by atoms with Gasteiger partial charge in [0.25, 0.3) is 0 Å². The molecule has 1 fully saturated rings. The molecule has 0 amide bonds. The van der Waals surface area contributed by atoms with E-state index in [-0.39, 0.29) is 5.56 Å². The van der Waals surface area contributed by atoms with E-state index in [2.05, 4.69) is 0 Å². The van der Waals surface area contributed by atoms with E-state index < -0.39 is 43.3 Å². The van der Waals surface area contributed by atoms with Crippen LogP contribution in [0.15, 0.2) is 36.4 Å². The van der Waals surface area contributed by atoms with E-state index >= 15 is 0 Å². The molecule has 0 bridgehead atoms. The number of carbonyl (C=O) groups is 1. The number of carboxylic acid groups (broad SMARTS) is 1. The zero-order chi connectivity index (χ0) is 18.1. The van der Waals surface area contributed by atoms with Gasteiger partial charge in [0, 0.05) is 0 Å². The molecule has 0 spiro atoms. The van der Waals surface area contributed by atoms with Crippen LogP contribution in [-0.2, 0) is 4.74 Å². The number of aliphatic hydroxyl groups is 4. The third kappa shape index (κ3) is 3.44. The van der Waals surface area contributed by atoms with Crippen molar-refractivity contribution in [2.75, 3.05) is 6.61 Å². The molecule has 134 valence electrons. The standard InChI is InChI=1S/C17H18O8/c18-7-12-13(19)14(20)15(21)17(25-12)24-11-4-3-8-5-10(16(22)23)2-1-9(8)6-11/h1-6,12-15,17-21H,7H2,(H,22,23)/t12-,13-,14+,15-,17-/m1/s1. The first-order chi connectivity index (χ1) is 11.9. The van der Waals surface area contributed by atoms with Crippen LogP contribution in [0, 0.1) is 0 Å². The third-order valence-corrected chi connectivity index (χ3v) is 4.16. The Kier molecular flexibility index (Phi) is 4.89. The fraction of sp³-hybridized carbons (Fsp3) is 0.353. The predicted octanol–water partition coefficient (Wildman–Crippen LogP) is -0.283. The quantitative estimate of drug-likeness (QED) is 0.508. The molecule has 8 nitrogen and oxygen atoms in total. The minimum Gasteiger partial charge on any atom is -0.478 e. The van der Waals surface area contributed by atoms with E-state index in [0.717, 1.165) is 0 Å². The summed E-state index contributed by atoms with van der Waals surface area (Å²) in [6.45, 7) is -0.541. The van der Waals surface area contributed by atoms with Gasteiger partial charge in [-0.05, 0) is 35.0 Å². The lowest BCUT2D eigenvalue weighted by atomic mass is 9.99. The Bertz CT molecular complexity index is 774. The van der Waals surface area contributed by atoms with Crippen molar-refractivity contribution in [1.29, 1.82) is 0 Å². The van der Waals surface area contributed by atoms with Crippen LogP contribution in [0.1, 0.15) is 10.4 Å². The molecule has 0 radical (unpaired) electrons. The summed E-state index contributed by atoms with van der Waals surface area (Å²) in [4.78, 5) is 11.0. The molecule has 1 aliphatic heterocycles. The highest BCUT2D eigenvalue weighted by molar-refractivity contribution is 5.94. The van der Waals surface area contributed by atoms with Gasteiger partial charge in [-0.25, -0.2) is 4.79 Å². The third-order valence-electron chi connectivity index (χ3n) is 4.16. The molecule has 5 atom stereocenters. The number of benzene rings is 2. The molecule has 0 aliphatic carbocycles. The van der Waals surface area contributed by atoms with E-state index in [1.807, 2.05) is 0 Å². The van der Waals surface area contributed by atoms with Crippen LogP contribution < -0.4 is 4.74 Å². The predicted molar refractivity (Wildman–Crippen MR) is 85.3 cm³/mol. The van der Waals surface area contributed by atoms with Gasteiger partial charge in [-0.2, -0.15) is 0 Å². The van der Waals surface area contributed by atoms with Crippen LogP contribution in [0.4, 0.5) is 0 Å². The highest BCUT2D eigenvalue weighted by atomic mass is 16.7. The number of fused-ring (bicyclic) bond motifs is 1. The molecule has 0 aromatic heterocycles. The average molecular weight is 350 g/mol. The van der Waals surface area contributed by atoms with Crippen molar-refractivity contribution in [3.05, 3.63) is 42.0 Å². The van der Waals surface area contributed by atoms with Crippen molar-refractivity contribution in [3.63, 3.8) is 0 Å². The molecule has 8 heteroatoms. The first-order valence-electron chi connectivity index (χ1n) is 7.65. The Morgan fingerprint density at radius 3 is 2.36 bits per heavy atom. The Morgan fingerprint density at radius 2 is 1.68 bits per heavy atom. The fourth-order valence-corrected chi connectivity index (χ4v) is 2.73. The van der Waals surface area contributed by atoms with Crippen LogP contribution >= 0.6 is 0 Å². The number of hydrogen-bond donors (Lipinski definition) is 5. The fourth-order valence-electron chi connectivity index (χ4n) is 2.73. The summed E-state index contributed by atoms with van der Waals surface area (Å²) in [5.74, 6) is -0.705. The van der Waals surface area contributed by atoms with Gasteiger partial charge in [0.05, 0.1) is 12.2 Å². The van der Waals surface area contributed by atoms with E-state index in [0.29, 0.717) is 16.5 Å². The molecule has 2 aromatic carbocycles. The Balaban J connectivity index is 1.82. The van der Waals surface area contributed by atoms with Crippen LogP contribution in [0.3, 0.4) is 0 Å². The second-order valence-corrected chi connectivity index (χ2v) is 5.84. The minimum atomic E-state index is -1.52. The minimum absolute atomic E-state index is 0.162. The van der Waals surface area contributed by atoms with Gasteiger partial charge >= 0.3 is 5.97 Å². The Morgan fingerprint density at radius 1 is 1.00 bits per heavy atom. The molecule has 5 N–H and O–H groups in total. The summed E-state index contributed by atoms with van der Waals surface area (Å²) in [6.07, 6.45) is -6.79. The Hall–Kier alpha value is -2.23. The number of carboxylic acids is 1. The SMILES string of the molecule is O=C(O)c1ccc2cc(O[C@@H]3O[C@H](CO)[C@@H](O)[C@H](O)[C@H]3O)ccc2c1. The summed E-state index contributed by atoms with van der Waals surface area (Å²) in [5, 5.41) is 49.1. The topological polar surface area (TPSA) is 137 Å². The lowest BCUT2D eigenvalue weighted by molar-refractivity contribution is -0.277. The van der Waals surface area contributed by atoms with Gasteiger partial charge < -0.3 is 35.0 Å². The van der Waals surface area contributed by atoms with Crippen molar-refractivity contribution in [2.24, 2.45) is 0 Å². The lowest BCUT2D eigenvalue weighted by Gasteiger charge is -2.39. The average Bonchev–Trinajstić information content (AvgIpc) is 2.61. The Labute approximate surface area is 142 Å². The van der Waals surface area contributed by atoms with Crippen LogP contribution in [-0.4, -0.2) is 68.8 Å². The number of ether oxygens (including phenoxy) is 2. The second kappa shape index (κ2) is 6.95. The molecular weight excluding hydrogens is 332 g/mol. The molecule has 0 saturated carbocycles. The van der Waals surface area contributed by atoms with Crippen molar-refractivity contribution in [2.45, 2.75) is 30.7 Å². The molecular formula is C17H18O8. The monoisotopic (exact) mass is 350 g/mol. The highest BCUT2D eigenvalue weighted by Crippen LogP contribution is 2.27. The summed E-state index contributed by atoms with van der Waals surface area (Å²) in [7, 11) is 0. The summed E-state index contributed by atoms with van der Waals surface area (Å²) in [6, 6.07) is 9.45. The first kappa shape index (κ1) is 17.6. The van der Waals surface area contributed by atoms with Crippen molar-refractivity contribution in [1.82, 2.24) is 0 Å². The van der Waals surface area contributed by atoms with Gasteiger partial charge in [-0.15, -0.1) is 0 Å². The maximum Gasteiger partial charge on any atom is 0.335 e. The normalized spacial score (nSPS) is 29.5. The van der Waals surface area contributed by atoms with Crippen LogP contribution in [0.25, 0.3) is 10.8 Å². The zero-order valence-corrected chi connectivity index (χ0v) is 13.0. The van der Waals surface area contributed by atoms with Crippen molar-refractivity contribution >= 4 is 16.7 Å². The molecule has 25 heavy (non-hydrogen) atoms. The maximum atomic E-state index is 11.0. The molecule has 1 saturated heterocycles. The highest BCUT2D eigenvalue weighted by Gasteiger charge is 2.44. The van der Waals surface area contributed by atoms with Crippen LogP contribution in [0.5, 0.6) is 5.75 Å². The molecule has 0 unspecified atom stereocenters. The van der Waals surface area contributed by atoms with Crippen molar-refractivity contribution < 1.29 is 39.8 Å². The summed E-state index contributed by atoms with van der Waals surface area (Å²) >= 11 is 0. The molecule has 1 aliphatic rings. The number of aromatic carboxylic acids is 1. The number of rotatable bonds is 4. The largest absolute Gasteiger partial charge is 0.478 e. The smallest absolute Gasteiger partial charge is 0.335 e.